The Morgan fingerprint density at radius 1 is 1.22 bits per heavy atom. The summed E-state index contributed by atoms with van der Waals surface area (Å²) in [6, 6.07) is 5.19. The summed E-state index contributed by atoms with van der Waals surface area (Å²) in [5.41, 5.74) is 0. The molecule has 0 atom stereocenters. The lowest BCUT2D eigenvalue weighted by Crippen LogP contribution is -2.28. The first kappa shape index (κ1) is 19.3. The molecule has 0 unspecified atom stereocenters. The van der Waals surface area contributed by atoms with E-state index in [9.17, 15) is 12.8 Å². The van der Waals surface area contributed by atoms with E-state index in [-0.39, 0.29) is 23.8 Å². The van der Waals surface area contributed by atoms with E-state index in [1.54, 1.807) is 6.07 Å². The van der Waals surface area contributed by atoms with Crippen molar-refractivity contribution in [2.75, 3.05) is 38.3 Å². The topological polar surface area (TPSA) is 93.7 Å². The molecule has 0 aliphatic carbocycles. The molecular weight excluding hydrogens is 375 g/mol. The zero-order valence-corrected chi connectivity index (χ0v) is 15.7. The van der Waals surface area contributed by atoms with Crippen LogP contribution in [0.3, 0.4) is 0 Å². The molecule has 0 radical (unpaired) electrons. The molecule has 1 aromatic carbocycles. The fourth-order valence-electron chi connectivity index (χ4n) is 2.76. The number of benzene rings is 1. The van der Waals surface area contributed by atoms with Gasteiger partial charge in [-0.25, -0.2) is 27.5 Å². The summed E-state index contributed by atoms with van der Waals surface area (Å²) in [7, 11) is -2.54. The molecule has 2 aromatic rings. The smallest absolute Gasteiger partial charge is 0.240 e. The molecule has 3 rings (SSSR count). The lowest BCUT2D eigenvalue weighted by atomic mass is 10.3. The largest absolute Gasteiger partial charge is 0.494 e. The predicted molar refractivity (Wildman–Crippen MR) is 97.1 cm³/mol. The van der Waals surface area contributed by atoms with Gasteiger partial charge < -0.3 is 14.4 Å². The van der Waals surface area contributed by atoms with Crippen LogP contribution in [0.5, 0.6) is 11.6 Å². The fourth-order valence-corrected chi connectivity index (χ4v) is 3.78. The molecule has 1 aliphatic heterocycles. The number of sulfonamides is 1. The molecule has 27 heavy (non-hydrogen) atoms. The minimum atomic E-state index is -3.85. The maximum absolute atomic E-state index is 13.7. The number of anilines is 1. The van der Waals surface area contributed by atoms with Crippen LogP contribution in [-0.4, -0.2) is 51.7 Å². The van der Waals surface area contributed by atoms with Gasteiger partial charge in [0.05, 0.1) is 12.0 Å². The van der Waals surface area contributed by atoms with Crippen molar-refractivity contribution in [2.24, 2.45) is 0 Å². The SMILES string of the molecule is COc1ccc(S(=O)(=O)NCCOc2cc(N3CCCC3)ncn2)cc1F. The van der Waals surface area contributed by atoms with E-state index >= 15 is 0 Å². The summed E-state index contributed by atoms with van der Waals surface area (Å²) in [5, 5.41) is 0. The Balaban J connectivity index is 1.53. The van der Waals surface area contributed by atoms with Crippen molar-refractivity contribution in [2.45, 2.75) is 17.7 Å². The van der Waals surface area contributed by atoms with Gasteiger partial charge in [-0.2, -0.15) is 0 Å². The van der Waals surface area contributed by atoms with Crippen LogP contribution >= 0.6 is 0 Å². The number of aromatic nitrogens is 2. The van der Waals surface area contributed by atoms with E-state index in [1.165, 1.54) is 25.6 Å². The van der Waals surface area contributed by atoms with E-state index < -0.39 is 15.8 Å². The van der Waals surface area contributed by atoms with Crippen LogP contribution in [0, 0.1) is 5.82 Å². The van der Waals surface area contributed by atoms with Gasteiger partial charge in [0, 0.05) is 25.7 Å². The number of nitrogens with zero attached hydrogens (tertiary/aromatic N) is 3. The Bertz CT molecular complexity index is 888. The minimum Gasteiger partial charge on any atom is -0.494 e. The van der Waals surface area contributed by atoms with Crippen LogP contribution in [0.15, 0.2) is 35.5 Å². The Labute approximate surface area is 157 Å². The van der Waals surface area contributed by atoms with Gasteiger partial charge in [0.1, 0.15) is 18.8 Å². The quantitative estimate of drug-likeness (QED) is 0.677. The van der Waals surface area contributed by atoms with E-state index in [2.05, 4.69) is 19.6 Å². The predicted octanol–water partition coefficient (Wildman–Crippen LogP) is 1.58. The summed E-state index contributed by atoms with van der Waals surface area (Å²) in [5.74, 6) is 0.412. The highest BCUT2D eigenvalue weighted by Crippen LogP contribution is 2.21. The highest BCUT2D eigenvalue weighted by atomic mass is 32.2. The number of rotatable bonds is 8. The van der Waals surface area contributed by atoms with E-state index in [0.717, 1.165) is 37.8 Å². The average molecular weight is 396 g/mol. The number of methoxy groups -OCH3 is 1. The first-order valence-corrected chi connectivity index (χ1v) is 10.0. The molecule has 1 saturated heterocycles. The summed E-state index contributed by atoms with van der Waals surface area (Å²) in [4.78, 5) is 10.2. The van der Waals surface area contributed by atoms with Crippen molar-refractivity contribution in [1.82, 2.24) is 14.7 Å². The van der Waals surface area contributed by atoms with Gasteiger partial charge in [-0.05, 0) is 31.0 Å². The summed E-state index contributed by atoms with van der Waals surface area (Å²) in [6.45, 7) is 2.00. The van der Waals surface area contributed by atoms with Gasteiger partial charge in [0.2, 0.25) is 15.9 Å². The monoisotopic (exact) mass is 396 g/mol. The third kappa shape index (κ3) is 4.83. The Morgan fingerprint density at radius 3 is 2.70 bits per heavy atom. The number of nitrogens with one attached hydrogen (secondary N) is 1. The first-order valence-electron chi connectivity index (χ1n) is 8.52. The molecule has 10 heteroatoms. The molecule has 1 fully saturated rings. The maximum Gasteiger partial charge on any atom is 0.240 e. The summed E-state index contributed by atoms with van der Waals surface area (Å²) >= 11 is 0. The second kappa shape index (κ2) is 8.49. The molecule has 146 valence electrons. The minimum absolute atomic E-state index is 0.0129. The molecule has 0 saturated carbocycles. The van der Waals surface area contributed by atoms with Crippen LogP contribution in [0.2, 0.25) is 0 Å². The van der Waals surface area contributed by atoms with E-state index in [1.807, 2.05) is 0 Å². The van der Waals surface area contributed by atoms with Crippen LogP contribution in [0.25, 0.3) is 0 Å². The first-order chi connectivity index (χ1) is 13.0. The molecule has 1 aromatic heterocycles. The second-order valence-electron chi connectivity index (χ2n) is 5.95. The van der Waals surface area contributed by atoms with Crippen molar-refractivity contribution in [3.05, 3.63) is 36.4 Å². The van der Waals surface area contributed by atoms with Crippen molar-refractivity contribution < 1.29 is 22.3 Å². The number of hydrogen-bond acceptors (Lipinski definition) is 7. The summed E-state index contributed by atoms with van der Waals surface area (Å²) in [6.07, 6.45) is 3.69. The van der Waals surface area contributed by atoms with Crippen molar-refractivity contribution in [3.8, 4) is 11.6 Å². The van der Waals surface area contributed by atoms with Crippen molar-refractivity contribution in [3.63, 3.8) is 0 Å². The Morgan fingerprint density at radius 2 is 2.00 bits per heavy atom. The van der Waals surface area contributed by atoms with Crippen LogP contribution in [0.4, 0.5) is 10.2 Å². The van der Waals surface area contributed by atoms with Gasteiger partial charge in [-0.3, -0.25) is 0 Å². The van der Waals surface area contributed by atoms with Gasteiger partial charge in [-0.1, -0.05) is 0 Å². The van der Waals surface area contributed by atoms with Crippen LogP contribution in [-0.2, 0) is 10.0 Å². The van der Waals surface area contributed by atoms with E-state index in [4.69, 9.17) is 9.47 Å². The lowest BCUT2D eigenvalue weighted by Gasteiger charge is -2.16. The second-order valence-corrected chi connectivity index (χ2v) is 7.72. The molecule has 2 heterocycles. The molecule has 0 bridgehead atoms. The van der Waals surface area contributed by atoms with Gasteiger partial charge in [0.25, 0.3) is 0 Å². The van der Waals surface area contributed by atoms with Crippen molar-refractivity contribution >= 4 is 15.8 Å². The number of ether oxygens (including phenoxy) is 2. The molecule has 8 nitrogen and oxygen atoms in total. The van der Waals surface area contributed by atoms with E-state index in [0.29, 0.717) is 5.88 Å². The molecule has 0 spiro atoms. The Hall–Kier alpha value is -2.46. The normalized spacial score (nSPS) is 14.4. The van der Waals surface area contributed by atoms with Crippen LogP contribution < -0.4 is 19.1 Å². The lowest BCUT2D eigenvalue weighted by molar-refractivity contribution is 0.310. The zero-order chi connectivity index (χ0) is 19.3. The summed E-state index contributed by atoms with van der Waals surface area (Å²) < 4.78 is 50.8. The highest BCUT2D eigenvalue weighted by molar-refractivity contribution is 7.89. The maximum atomic E-state index is 13.7. The molecule has 1 aliphatic rings. The number of hydrogen-bond donors (Lipinski definition) is 1. The van der Waals surface area contributed by atoms with Gasteiger partial charge in [-0.15, -0.1) is 0 Å². The Kier molecular flexibility index (Phi) is 6.07. The molecule has 1 N–H and O–H groups in total. The van der Waals surface area contributed by atoms with Gasteiger partial charge in [0.15, 0.2) is 11.6 Å². The number of halogens is 1. The third-order valence-corrected chi connectivity index (χ3v) is 5.59. The molecule has 0 amide bonds. The van der Waals surface area contributed by atoms with Gasteiger partial charge >= 0.3 is 0 Å². The average Bonchev–Trinajstić information content (AvgIpc) is 3.20. The van der Waals surface area contributed by atoms with Crippen molar-refractivity contribution in [1.29, 1.82) is 0 Å². The third-order valence-electron chi connectivity index (χ3n) is 4.14. The zero-order valence-electron chi connectivity index (χ0n) is 14.9. The molecular formula is C17H21FN4O4S. The fraction of sp³-hybridized carbons (Fsp3) is 0.412. The van der Waals surface area contributed by atoms with Crippen LogP contribution in [0.1, 0.15) is 12.8 Å². The standard InChI is InChI=1S/C17H21FN4O4S/c1-25-15-5-4-13(10-14(15)18)27(23,24)21-6-9-26-17-11-16(19-12-20-17)22-7-2-3-8-22/h4-5,10-12,21H,2-3,6-9H2,1H3. The highest BCUT2D eigenvalue weighted by Gasteiger charge is 2.17.